The number of rotatable bonds is 4. The van der Waals surface area contributed by atoms with E-state index in [1.54, 1.807) is 0 Å². The number of benzene rings is 1. The molecule has 0 spiro atoms. The third-order valence-corrected chi connectivity index (χ3v) is 2.42. The topological polar surface area (TPSA) is 63.0 Å². The second-order valence-corrected chi connectivity index (χ2v) is 3.97. The number of aryl methyl sites for hydroxylation is 2. The average molecular weight is 232 g/mol. The number of nitrogens with zero attached hydrogens (tertiary/aromatic N) is 2. The molecule has 0 aliphatic carbocycles. The summed E-state index contributed by atoms with van der Waals surface area (Å²) in [7, 11) is 1.83. The molecule has 0 fully saturated rings. The molecule has 1 aromatic carbocycles. The van der Waals surface area contributed by atoms with Crippen molar-refractivity contribution in [3.05, 3.63) is 35.2 Å². The lowest BCUT2D eigenvalue weighted by molar-refractivity contribution is 0.493. The van der Waals surface area contributed by atoms with Crippen molar-refractivity contribution in [2.24, 2.45) is 0 Å². The number of hydrogen-bond acceptors (Lipinski definition) is 5. The molecule has 0 saturated carbocycles. The second-order valence-electron chi connectivity index (χ2n) is 3.97. The van der Waals surface area contributed by atoms with Crippen LogP contribution in [0.3, 0.4) is 0 Å². The van der Waals surface area contributed by atoms with E-state index in [0.29, 0.717) is 18.5 Å². The first-order valence-electron chi connectivity index (χ1n) is 5.50. The van der Waals surface area contributed by atoms with Crippen molar-refractivity contribution in [1.29, 1.82) is 0 Å². The molecular formula is C12H16N4O. The number of hydrogen-bond donors (Lipinski definition) is 2. The van der Waals surface area contributed by atoms with Gasteiger partial charge in [-0.15, -0.1) is 5.10 Å². The zero-order chi connectivity index (χ0) is 12.3. The molecule has 2 N–H and O–H groups in total. The third-order valence-electron chi connectivity index (χ3n) is 2.42. The lowest BCUT2D eigenvalue weighted by Gasteiger charge is -2.05. The molecular weight excluding hydrogens is 216 g/mol. The summed E-state index contributed by atoms with van der Waals surface area (Å²) in [5.41, 5.74) is 3.36. The van der Waals surface area contributed by atoms with Crippen molar-refractivity contribution in [3.63, 3.8) is 0 Å². The number of anilines is 2. The Morgan fingerprint density at radius 1 is 1.24 bits per heavy atom. The number of aromatic nitrogens is 2. The Balaban J connectivity index is 2.13. The van der Waals surface area contributed by atoms with Crippen molar-refractivity contribution in [1.82, 2.24) is 15.5 Å². The molecule has 1 heterocycles. The highest BCUT2D eigenvalue weighted by molar-refractivity contribution is 5.57. The summed E-state index contributed by atoms with van der Waals surface area (Å²) >= 11 is 0. The Labute approximate surface area is 100 Å². The first-order valence-corrected chi connectivity index (χ1v) is 5.50. The van der Waals surface area contributed by atoms with Gasteiger partial charge < -0.3 is 15.1 Å². The summed E-state index contributed by atoms with van der Waals surface area (Å²) in [4.78, 5) is 0. The van der Waals surface area contributed by atoms with Crippen molar-refractivity contribution in [2.75, 3.05) is 12.4 Å². The molecule has 2 aromatic rings. The fourth-order valence-electron chi connectivity index (χ4n) is 1.60. The second kappa shape index (κ2) is 4.97. The predicted octanol–water partition coefficient (Wildman–Crippen LogP) is 2.15. The van der Waals surface area contributed by atoms with E-state index in [1.165, 1.54) is 5.56 Å². The summed E-state index contributed by atoms with van der Waals surface area (Å²) in [5, 5.41) is 13.9. The average Bonchev–Trinajstić information content (AvgIpc) is 2.71. The standard InChI is InChI=1S/C12H16N4O/c1-8-4-5-10(9(2)6-8)14-12-16-15-11(17-12)7-13-3/h4-6,13H,7H2,1-3H3,(H,14,16). The molecule has 0 amide bonds. The molecule has 2 rings (SSSR count). The summed E-state index contributed by atoms with van der Waals surface area (Å²) < 4.78 is 5.42. The zero-order valence-corrected chi connectivity index (χ0v) is 10.2. The van der Waals surface area contributed by atoms with Gasteiger partial charge in [0.15, 0.2) is 0 Å². The minimum Gasteiger partial charge on any atom is -0.406 e. The van der Waals surface area contributed by atoms with E-state index in [9.17, 15) is 0 Å². The predicted molar refractivity (Wildman–Crippen MR) is 66.3 cm³/mol. The van der Waals surface area contributed by atoms with Gasteiger partial charge in [-0.25, -0.2) is 0 Å². The minimum atomic E-state index is 0.419. The summed E-state index contributed by atoms with van der Waals surface area (Å²) in [6.45, 7) is 4.68. The van der Waals surface area contributed by atoms with Crippen LogP contribution in [0.25, 0.3) is 0 Å². The zero-order valence-electron chi connectivity index (χ0n) is 10.2. The SMILES string of the molecule is CNCc1nnc(Nc2ccc(C)cc2C)o1. The fraction of sp³-hybridized carbons (Fsp3) is 0.333. The molecule has 0 saturated heterocycles. The lowest BCUT2D eigenvalue weighted by Crippen LogP contribution is -2.04. The monoisotopic (exact) mass is 232 g/mol. The largest absolute Gasteiger partial charge is 0.406 e. The molecule has 1 aromatic heterocycles. The molecule has 5 heteroatoms. The first kappa shape index (κ1) is 11.6. The van der Waals surface area contributed by atoms with E-state index in [1.807, 2.05) is 26.1 Å². The van der Waals surface area contributed by atoms with E-state index in [0.717, 1.165) is 11.3 Å². The molecule has 0 atom stereocenters. The molecule has 0 radical (unpaired) electrons. The minimum absolute atomic E-state index is 0.419. The fourth-order valence-corrected chi connectivity index (χ4v) is 1.60. The van der Waals surface area contributed by atoms with Crippen LogP contribution in [0.2, 0.25) is 0 Å². The Morgan fingerprint density at radius 2 is 2.06 bits per heavy atom. The van der Waals surface area contributed by atoms with Gasteiger partial charge in [-0.1, -0.05) is 22.8 Å². The van der Waals surface area contributed by atoms with Crippen LogP contribution < -0.4 is 10.6 Å². The molecule has 0 aliphatic rings. The van der Waals surface area contributed by atoms with Gasteiger partial charge in [-0.2, -0.15) is 0 Å². The van der Waals surface area contributed by atoms with Crippen LogP contribution in [0.4, 0.5) is 11.7 Å². The van der Waals surface area contributed by atoms with Crippen LogP contribution in [0.15, 0.2) is 22.6 Å². The van der Waals surface area contributed by atoms with E-state index in [2.05, 4.69) is 33.8 Å². The molecule has 0 unspecified atom stereocenters. The van der Waals surface area contributed by atoms with E-state index < -0.39 is 0 Å². The van der Waals surface area contributed by atoms with Crippen molar-refractivity contribution >= 4 is 11.7 Å². The third kappa shape index (κ3) is 2.82. The number of nitrogens with one attached hydrogen (secondary N) is 2. The van der Waals surface area contributed by atoms with Crippen LogP contribution in [0.5, 0.6) is 0 Å². The summed E-state index contributed by atoms with van der Waals surface area (Å²) in [6.07, 6.45) is 0. The van der Waals surface area contributed by atoms with Crippen LogP contribution in [0.1, 0.15) is 17.0 Å². The van der Waals surface area contributed by atoms with Crippen molar-refractivity contribution < 1.29 is 4.42 Å². The highest BCUT2D eigenvalue weighted by Crippen LogP contribution is 2.20. The van der Waals surface area contributed by atoms with Gasteiger partial charge in [-0.3, -0.25) is 0 Å². The van der Waals surface area contributed by atoms with Gasteiger partial charge in [0.05, 0.1) is 6.54 Å². The van der Waals surface area contributed by atoms with Gasteiger partial charge in [0.2, 0.25) is 5.89 Å². The van der Waals surface area contributed by atoms with E-state index in [4.69, 9.17) is 4.42 Å². The highest BCUT2D eigenvalue weighted by atomic mass is 16.4. The first-order chi connectivity index (χ1) is 8.19. The van der Waals surface area contributed by atoms with Crippen molar-refractivity contribution in [2.45, 2.75) is 20.4 Å². The Kier molecular flexibility index (Phi) is 3.39. The smallest absolute Gasteiger partial charge is 0.320 e. The van der Waals surface area contributed by atoms with Crippen molar-refractivity contribution in [3.8, 4) is 0 Å². The van der Waals surface area contributed by atoms with Gasteiger partial charge in [0, 0.05) is 5.69 Å². The maximum absolute atomic E-state index is 5.42. The normalized spacial score (nSPS) is 10.5. The summed E-state index contributed by atoms with van der Waals surface area (Å²) in [6, 6.07) is 6.57. The van der Waals surface area contributed by atoms with Crippen LogP contribution in [-0.4, -0.2) is 17.2 Å². The quantitative estimate of drug-likeness (QED) is 0.845. The van der Waals surface area contributed by atoms with Gasteiger partial charge >= 0.3 is 6.01 Å². The summed E-state index contributed by atoms with van der Waals surface area (Å²) in [5.74, 6) is 0.569. The molecule has 0 bridgehead atoms. The Bertz CT molecular complexity index is 507. The molecule has 5 nitrogen and oxygen atoms in total. The molecule has 90 valence electrons. The maximum atomic E-state index is 5.42. The van der Waals surface area contributed by atoms with Gasteiger partial charge in [0.1, 0.15) is 0 Å². The lowest BCUT2D eigenvalue weighted by atomic mass is 10.1. The highest BCUT2D eigenvalue weighted by Gasteiger charge is 2.06. The van der Waals surface area contributed by atoms with Crippen LogP contribution >= 0.6 is 0 Å². The molecule has 17 heavy (non-hydrogen) atoms. The van der Waals surface area contributed by atoms with E-state index >= 15 is 0 Å². The van der Waals surface area contributed by atoms with E-state index in [-0.39, 0.29) is 0 Å². The van der Waals surface area contributed by atoms with Gasteiger partial charge in [-0.05, 0) is 32.5 Å². The van der Waals surface area contributed by atoms with Gasteiger partial charge in [0.25, 0.3) is 0 Å². The Hall–Kier alpha value is -1.88. The van der Waals surface area contributed by atoms with Crippen LogP contribution in [-0.2, 0) is 6.54 Å². The maximum Gasteiger partial charge on any atom is 0.320 e. The van der Waals surface area contributed by atoms with Crippen LogP contribution in [0, 0.1) is 13.8 Å². The Morgan fingerprint density at radius 3 is 2.76 bits per heavy atom. The molecule has 0 aliphatic heterocycles.